The monoisotopic (exact) mass is 391 g/mol. The summed E-state index contributed by atoms with van der Waals surface area (Å²) in [6.07, 6.45) is 1.71. The highest BCUT2D eigenvalue weighted by atomic mass is 16.2. The number of carbonyl (C=O) groups is 1. The minimum atomic E-state index is -0.358. The Kier molecular flexibility index (Phi) is 5.82. The largest absolute Gasteiger partial charge is 0.348 e. The number of hydrogen-bond acceptors (Lipinski definition) is 3. The van der Waals surface area contributed by atoms with E-state index < -0.39 is 0 Å². The molecule has 2 N–H and O–H groups in total. The molecule has 0 fully saturated rings. The number of pyridine rings is 2. The summed E-state index contributed by atoms with van der Waals surface area (Å²) in [5, 5.41) is 2.79. The number of nitrogens with one attached hydrogen (secondary N) is 2. The van der Waals surface area contributed by atoms with Crippen molar-refractivity contribution in [3.8, 4) is 0 Å². The van der Waals surface area contributed by atoms with Gasteiger partial charge < -0.3 is 14.9 Å². The van der Waals surface area contributed by atoms with Crippen LogP contribution in [0.1, 0.15) is 43.9 Å². The van der Waals surface area contributed by atoms with Crippen molar-refractivity contribution in [2.45, 2.75) is 40.8 Å². The molecule has 0 aliphatic heterocycles. The molecule has 0 aliphatic rings. The first kappa shape index (κ1) is 20.3. The predicted octanol–water partition coefficient (Wildman–Crippen LogP) is 2.75. The van der Waals surface area contributed by atoms with Gasteiger partial charge in [-0.3, -0.25) is 14.4 Å². The molecule has 2 aromatic heterocycles. The topological polar surface area (TPSA) is 84.0 Å². The average Bonchev–Trinajstić information content (AvgIpc) is 2.66. The van der Waals surface area contributed by atoms with Crippen LogP contribution in [0.2, 0.25) is 0 Å². The first-order valence-corrected chi connectivity index (χ1v) is 9.50. The van der Waals surface area contributed by atoms with Crippen LogP contribution in [0.3, 0.4) is 0 Å². The van der Waals surface area contributed by atoms with Gasteiger partial charge in [-0.25, -0.2) is 0 Å². The smallest absolute Gasteiger partial charge is 0.254 e. The Balaban J connectivity index is 1.85. The molecule has 1 amide bonds. The Hall–Kier alpha value is -3.41. The summed E-state index contributed by atoms with van der Waals surface area (Å²) < 4.78 is 1.62. The van der Waals surface area contributed by atoms with Crippen molar-refractivity contribution < 1.29 is 4.79 Å². The number of carbonyl (C=O) groups excluding carboxylic acids is 1. The van der Waals surface area contributed by atoms with Crippen LogP contribution in [-0.4, -0.2) is 15.5 Å². The molecule has 0 saturated carbocycles. The van der Waals surface area contributed by atoms with Gasteiger partial charge in [0.15, 0.2) is 0 Å². The molecule has 0 unspecified atom stereocenters. The normalized spacial score (nSPS) is 10.8. The third-order valence-electron chi connectivity index (χ3n) is 5.04. The molecule has 0 bridgehead atoms. The maximum Gasteiger partial charge on any atom is 0.254 e. The molecule has 29 heavy (non-hydrogen) atoms. The van der Waals surface area contributed by atoms with Crippen molar-refractivity contribution in [2.24, 2.45) is 0 Å². The quantitative estimate of drug-likeness (QED) is 0.701. The van der Waals surface area contributed by atoms with Gasteiger partial charge in [-0.2, -0.15) is 0 Å². The van der Waals surface area contributed by atoms with E-state index in [0.29, 0.717) is 28.8 Å². The molecule has 0 spiro atoms. The summed E-state index contributed by atoms with van der Waals surface area (Å²) in [6.45, 7) is 7.68. The van der Waals surface area contributed by atoms with Gasteiger partial charge in [0, 0.05) is 29.6 Å². The van der Waals surface area contributed by atoms with Crippen LogP contribution in [0.25, 0.3) is 0 Å². The highest BCUT2D eigenvalue weighted by Gasteiger charge is 2.17. The Morgan fingerprint density at radius 1 is 1.03 bits per heavy atom. The maximum absolute atomic E-state index is 12.8. The van der Waals surface area contributed by atoms with Crippen LogP contribution < -0.4 is 16.4 Å². The molecule has 3 rings (SSSR count). The lowest BCUT2D eigenvalue weighted by molar-refractivity contribution is 0.0949. The molecule has 6 heteroatoms. The number of nitrogens with zero attached hydrogens (tertiary/aromatic N) is 1. The van der Waals surface area contributed by atoms with E-state index in [1.165, 1.54) is 0 Å². The lowest BCUT2D eigenvalue weighted by atomic mass is 10.0. The van der Waals surface area contributed by atoms with Crippen molar-refractivity contribution in [2.75, 3.05) is 0 Å². The van der Waals surface area contributed by atoms with Gasteiger partial charge in [-0.1, -0.05) is 30.3 Å². The minimum Gasteiger partial charge on any atom is -0.348 e. The minimum absolute atomic E-state index is 0.103. The molecule has 0 radical (unpaired) electrons. The molecule has 0 atom stereocenters. The van der Waals surface area contributed by atoms with E-state index in [4.69, 9.17) is 0 Å². The molecule has 2 heterocycles. The van der Waals surface area contributed by atoms with Gasteiger partial charge in [-0.15, -0.1) is 0 Å². The predicted molar refractivity (Wildman–Crippen MR) is 113 cm³/mol. The van der Waals surface area contributed by atoms with E-state index >= 15 is 0 Å². The highest BCUT2D eigenvalue weighted by molar-refractivity contribution is 5.96. The lowest BCUT2D eigenvalue weighted by Crippen LogP contribution is -2.32. The molecule has 150 valence electrons. The van der Waals surface area contributed by atoms with Gasteiger partial charge in [0.2, 0.25) is 0 Å². The second-order valence-corrected chi connectivity index (χ2v) is 7.36. The molecule has 1 aromatic carbocycles. The number of aromatic amines is 1. The second-order valence-electron chi connectivity index (χ2n) is 7.36. The van der Waals surface area contributed by atoms with Crippen molar-refractivity contribution in [3.05, 3.63) is 102 Å². The Bertz CT molecular complexity index is 1170. The SMILES string of the molecule is Cc1cc(C)c(CNC(=O)c2c(C)cn(Cc3ccccc3)c(=O)c2C)c(=O)[nH]1. The zero-order valence-corrected chi connectivity index (χ0v) is 17.1. The third-order valence-corrected chi connectivity index (χ3v) is 5.04. The van der Waals surface area contributed by atoms with Crippen LogP contribution in [0, 0.1) is 27.7 Å². The zero-order chi connectivity index (χ0) is 21.1. The standard InChI is InChI=1S/C23H25N3O3/c1-14-10-16(3)25-21(27)19(14)11-24-22(28)20-15(2)12-26(23(29)17(20)4)13-18-8-6-5-7-9-18/h5-10,12H,11,13H2,1-4H3,(H,24,28)(H,25,27). The van der Waals surface area contributed by atoms with Crippen LogP contribution in [0.15, 0.2) is 52.2 Å². The first-order valence-electron chi connectivity index (χ1n) is 9.50. The summed E-state index contributed by atoms with van der Waals surface area (Å²) in [6, 6.07) is 11.6. The second kappa shape index (κ2) is 8.31. The molecule has 3 aromatic rings. The third kappa shape index (κ3) is 4.37. The molecule has 0 saturated heterocycles. The number of hydrogen-bond donors (Lipinski definition) is 2. The Morgan fingerprint density at radius 2 is 1.72 bits per heavy atom. The van der Waals surface area contributed by atoms with E-state index in [0.717, 1.165) is 16.8 Å². The van der Waals surface area contributed by atoms with E-state index in [9.17, 15) is 14.4 Å². The zero-order valence-electron chi connectivity index (χ0n) is 17.1. The summed E-state index contributed by atoms with van der Waals surface area (Å²) in [5.41, 5.74) is 4.17. The molecular weight excluding hydrogens is 366 g/mol. The van der Waals surface area contributed by atoms with Gasteiger partial charge >= 0.3 is 0 Å². The maximum atomic E-state index is 12.8. The number of rotatable bonds is 5. The van der Waals surface area contributed by atoms with Crippen molar-refractivity contribution in [1.29, 1.82) is 0 Å². The van der Waals surface area contributed by atoms with Crippen LogP contribution >= 0.6 is 0 Å². The Morgan fingerprint density at radius 3 is 2.38 bits per heavy atom. The van der Waals surface area contributed by atoms with Crippen LogP contribution in [-0.2, 0) is 13.1 Å². The number of aromatic nitrogens is 2. The van der Waals surface area contributed by atoms with Gasteiger partial charge in [0.25, 0.3) is 17.0 Å². The number of benzene rings is 1. The number of amides is 1. The van der Waals surface area contributed by atoms with E-state index in [1.807, 2.05) is 57.2 Å². The van der Waals surface area contributed by atoms with Gasteiger partial charge in [-0.05, 0) is 50.5 Å². The summed E-state index contributed by atoms with van der Waals surface area (Å²) in [7, 11) is 0. The lowest BCUT2D eigenvalue weighted by Gasteiger charge is -2.15. The van der Waals surface area contributed by atoms with Crippen molar-refractivity contribution >= 4 is 5.91 Å². The number of H-pyrrole nitrogens is 1. The fraction of sp³-hybridized carbons (Fsp3) is 0.261. The van der Waals surface area contributed by atoms with E-state index in [-0.39, 0.29) is 23.6 Å². The van der Waals surface area contributed by atoms with Crippen LogP contribution in [0.4, 0.5) is 0 Å². The fourth-order valence-electron chi connectivity index (χ4n) is 3.58. The fourth-order valence-corrected chi connectivity index (χ4v) is 3.58. The highest BCUT2D eigenvalue weighted by Crippen LogP contribution is 2.12. The van der Waals surface area contributed by atoms with Gasteiger partial charge in [0.05, 0.1) is 12.1 Å². The van der Waals surface area contributed by atoms with Crippen molar-refractivity contribution in [1.82, 2.24) is 14.9 Å². The first-order chi connectivity index (χ1) is 13.8. The van der Waals surface area contributed by atoms with Crippen LogP contribution in [0.5, 0.6) is 0 Å². The Labute approximate surface area is 169 Å². The molecular formula is C23H25N3O3. The van der Waals surface area contributed by atoms with E-state index in [1.54, 1.807) is 17.7 Å². The summed E-state index contributed by atoms with van der Waals surface area (Å²) >= 11 is 0. The number of aryl methyl sites for hydroxylation is 3. The summed E-state index contributed by atoms with van der Waals surface area (Å²) in [4.78, 5) is 40.5. The van der Waals surface area contributed by atoms with E-state index in [2.05, 4.69) is 10.3 Å². The average molecular weight is 391 g/mol. The molecule has 0 aliphatic carbocycles. The molecule has 6 nitrogen and oxygen atoms in total. The van der Waals surface area contributed by atoms with Gasteiger partial charge in [0.1, 0.15) is 0 Å². The summed E-state index contributed by atoms with van der Waals surface area (Å²) in [5.74, 6) is -0.358. The van der Waals surface area contributed by atoms with Crippen molar-refractivity contribution in [3.63, 3.8) is 0 Å².